The van der Waals surface area contributed by atoms with Crippen LogP contribution in [0.1, 0.15) is 25.7 Å². The van der Waals surface area contributed by atoms with Gasteiger partial charge in [0.1, 0.15) is 10.6 Å². The maximum absolute atomic E-state index is 12.6. The van der Waals surface area contributed by atoms with Crippen molar-refractivity contribution < 1.29 is 21.9 Å². The molecule has 1 N–H and O–H groups in total. The Morgan fingerprint density at radius 3 is 2.71 bits per heavy atom. The molecule has 0 spiro atoms. The molecule has 0 bridgehead atoms. The zero-order valence-electron chi connectivity index (χ0n) is 11.6. The zero-order valence-corrected chi connectivity index (χ0v) is 12.4. The average molecular weight is 319 g/mol. The van der Waals surface area contributed by atoms with Crippen LogP contribution in [0.25, 0.3) is 0 Å². The van der Waals surface area contributed by atoms with Crippen LogP contribution in [-0.4, -0.2) is 33.4 Å². The summed E-state index contributed by atoms with van der Waals surface area (Å²) in [6, 6.07) is 5.88. The number of para-hydroxylation sites is 1. The molecule has 1 aromatic rings. The largest absolute Gasteiger partial charge is 0.492 e. The van der Waals surface area contributed by atoms with Crippen molar-refractivity contribution in [1.82, 2.24) is 5.32 Å². The van der Waals surface area contributed by atoms with E-state index in [1.807, 2.05) is 0 Å². The third kappa shape index (κ3) is 4.14. The van der Waals surface area contributed by atoms with Crippen molar-refractivity contribution in [3.63, 3.8) is 0 Å². The fourth-order valence-electron chi connectivity index (χ4n) is 2.38. The first-order valence-corrected chi connectivity index (χ1v) is 8.53. The highest BCUT2D eigenvalue weighted by atomic mass is 32.2. The van der Waals surface area contributed by atoms with Crippen LogP contribution in [0.4, 0.5) is 8.78 Å². The van der Waals surface area contributed by atoms with Gasteiger partial charge in [0.25, 0.3) is 0 Å². The van der Waals surface area contributed by atoms with Crippen LogP contribution in [0.5, 0.6) is 5.75 Å². The lowest BCUT2D eigenvalue weighted by atomic mass is 10.0. The standard InChI is InChI=1S/C14H19F2NO3S/c15-14(16)21(18,19)13-7-2-1-6-12(13)20-10-8-11-5-3-4-9-17-11/h1-2,6-7,11,14,17H,3-5,8-10H2. The van der Waals surface area contributed by atoms with Crippen molar-refractivity contribution in [1.29, 1.82) is 0 Å². The maximum Gasteiger partial charge on any atom is 0.341 e. The Morgan fingerprint density at radius 2 is 2.05 bits per heavy atom. The van der Waals surface area contributed by atoms with E-state index in [0.717, 1.165) is 38.3 Å². The Morgan fingerprint density at radius 1 is 1.29 bits per heavy atom. The average Bonchev–Trinajstić information content (AvgIpc) is 2.48. The summed E-state index contributed by atoms with van der Waals surface area (Å²) in [4.78, 5) is -0.448. The number of halogens is 2. The van der Waals surface area contributed by atoms with Gasteiger partial charge >= 0.3 is 5.76 Å². The molecule has 118 valence electrons. The highest BCUT2D eigenvalue weighted by Gasteiger charge is 2.29. The Kier molecular flexibility index (Phi) is 5.52. The van der Waals surface area contributed by atoms with E-state index >= 15 is 0 Å². The maximum atomic E-state index is 12.6. The molecule has 1 atom stereocenters. The molecule has 0 saturated carbocycles. The molecule has 4 nitrogen and oxygen atoms in total. The number of sulfone groups is 1. The molecule has 1 aliphatic heterocycles. The molecule has 2 rings (SSSR count). The number of alkyl halides is 2. The van der Waals surface area contributed by atoms with E-state index in [1.165, 1.54) is 12.1 Å². The predicted molar refractivity (Wildman–Crippen MR) is 75.4 cm³/mol. The third-order valence-electron chi connectivity index (χ3n) is 3.53. The molecule has 21 heavy (non-hydrogen) atoms. The summed E-state index contributed by atoms with van der Waals surface area (Å²) in [5.74, 6) is -3.45. The van der Waals surface area contributed by atoms with Gasteiger partial charge in [-0.3, -0.25) is 0 Å². The highest BCUT2D eigenvalue weighted by molar-refractivity contribution is 7.91. The van der Waals surface area contributed by atoms with Crippen LogP contribution < -0.4 is 10.1 Å². The van der Waals surface area contributed by atoms with Crippen LogP contribution in [-0.2, 0) is 9.84 Å². The number of rotatable bonds is 6. The fraction of sp³-hybridized carbons (Fsp3) is 0.571. The molecule has 0 radical (unpaired) electrons. The van der Waals surface area contributed by atoms with E-state index in [-0.39, 0.29) is 5.75 Å². The van der Waals surface area contributed by atoms with E-state index in [4.69, 9.17) is 4.74 Å². The summed E-state index contributed by atoms with van der Waals surface area (Å²) >= 11 is 0. The summed E-state index contributed by atoms with van der Waals surface area (Å²) < 4.78 is 53.8. The number of ether oxygens (including phenoxy) is 1. The molecule has 0 aliphatic carbocycles. The summed E-state index contributed by atoms with van der Waals surface area (Å²) in [6.07, 6.45) is 4.10. The van der Waals surface area contributed by atoms with Gasteiger partial charge in [0, 0.05) is 6.04 Å². The smallest absolute Gasteiger partial charge is 0.341 e. The number of piperidine rings is 1. The van der Waals surface area contributed by atoms with E-state index in [1.54, 1.807) is 6.07 Å². The topological polar surface area (TPSA) is 55.4 Å². The Bertz CT molecular complexity index is 557. The second-order valence-electron chi connectivity index (χ2n) is 5.04. The first-order valence-electron chi connectivity index (χ1n) is 6.99. The minimum absolute atomic E-state index is 0.00592. The van der Waals surface area contributed by atoms with E-state index in [0.29, 0.717) is 12.6 Å². The minimum atomic E-state index is -4.64. The SMILES string of the molecule is O=S(=O)(c1ccccc1OCCC1CCCCN1)C(F)F. The molecule has 1 aliphatic rings. The molecule has 0 amide bonds. The summed E-state index contributed by atoms with van der Waals surface area (Å²) in [7, 11) is -4.64. The van der Waals surface area contributed by atoms with Gasteiger partial charge in [-0.25, -0.2) is 8.42 Å². The Hall–Kier alpha value is -1.21. The van der Waals surface area contributed by atoms with Crippen LogP contribution in [0.15, 0.2) is 29.2 Å². The van der Waals surface area contributed by atoms with E-state index < -0.39 is 20.5 Å². The molecule has 1 unspecified atom stereocenters. The van der Waals surface area contributed by atoms with Crippen LogP contribution in [0.2, 0.25) is 0 Å². The lowest BCUT2D eigenvalue weighted by Crippen LogP contribution is -2.35. The van der Waals surface area contributed by atoms with Crippen molar-refractivity contribution in [3.05, 3.63) is 24.3 Å². The van der Waals surface area contributed by atoms with Gasteiger partial charge < -0.3 is 10.1 Å². The molecular weight excluding hydrogens is 300 g/mol. The second kappa shape index (κ2) is 7.17. The van der Waals surface area contributed by atoms with Gasteiger partial charge in [-0.15, -0.1) is 0 Å². The van der Waals surface area contributed by atoms with Crippen molar-refractivity contribution in [2.75, 3.05) is 13.2 Å². The van der Waals surface area contributed by atoms with Gasteiger partial charge in [-0.1, -0.05) is 18.6 Å². The Balaban J connectivity index is 2.00. The van der Waals surface area contributed by atoms with Crippen molar-refractivity contribution in [2.24, 2.45) is 0 Å². The number of benzene rings is 1. The Labute approximate surface area is 123 Å². The van der Waals surface area contributed by atoms with Crippen LogP contribution in [0, 0.1) is 0 Å². The second-order valence-corrected chi connectivity index (χ2v) is 6.92. The van der Waals surface area contributed by atoms with Crippen molar-refractivity contribution >= 4 is 9.84 Å². The monoisotopic (exact) mass is 319 g/mol. The van der Waals surface area contributed by atoms with Gasteiger partial charge in [-0.05, 0) is 37.9 Å². The summed E-state index contributed by atoms with van der Waals surface area (Å²) in [6.45, 7) is 1.27. The molecule has 1 saturated heterocycles. The lowest BCUT2D eigenvalue weighted by molar-refractivity contribution is 0.232. The van der Waals surface area contributed by atoms with Crippen LogP contribution >= 0.6 is 0 Å². The quantitative estimate of drug-likeness (QED) is 0.876. The summed E-state index contributed by atoms with van der Waals surface area (Å²) in [5, 5.41) is 3.35. The van der Waals surface area contributed by atoms with Gasteiger partial charge in [-0.2, -0.15) is 8.78 Å². The molecule has 1 aromatic carbocycles. The first-order chi connectivity index (χ1) is 10.0. The zero-order chi connectivity index (χ0) is 15.3. The molecule has 1 fully saturated rings. The number of nitrogens with one attached hydrogen (secondary N) is 1. The minimum Gasteiger partial charge on any atom is -0.492 e. The molecule has 0 aromatic heterocycles. The fourth-order valence-corrected chi connectivity index (χ4v) is 3.25. The first kappa shape index (κ1) is 16.2. The van der Waals surface area contributed by atoms with Gasteiger partial charge in [0.15, 0.2) is 0 Å². The van der Waals surface area contributed by atoms with Gasteiger partial charge in [0.2, 0.25) is 9.84 Å². The molecular formula is C14H19F2NO3S. The van der Waals surface area contributed by atoms with Crippen molar-refractivity contribution in [3.8, 4) is 5.75 Å². The lowest BCUT2D eigenvalue weighted by Gasteiger charge is -2.23. The highest BCUT2D eigenvalue weighted by Crippen LogP contribution is 2.28. The third-order valence-corrected chi connectivity index (χ3v) is 4.95. The van der Waals surface area contributed by atoms with Crippen LogP contribution in [0.3, 0.4) is 0 Å². The van der Waals surface area contributed by atoms with Gasteiger partial charge in [0.05, 0.1) is 6.61 Å². The molecule has 7 heteroatoms. The van der Waals surface area contributed by atoms with E-state index in [2.05, 4.69) is 5.32 Å². The van der Waals surface area contributed by atoms with Crippen molar-refractivity contribution in [2.45, 2.75) is 42.4 Å². The predicted octanol–water partition coefficient (Wildman–Crippen LogP) is 2.59. The van der Waals surface area contributed by atoms with E-state index in [9.17, 15) is 17.2 Å². The normalized spacial score (nSPS) is 19.7. The number of hydrogen-bond acceptors (Lipinski definition) is 4. The molecule has 1 heterocycles. The summed E-state index contributed by atoms with van der Waals surface area (Å²) in [5.41, 5.74) is 0. The number of hydrogen-bond donors (Lipinski definition) is 1.